The number of hydrogen-bond donors (Lipinski definition) is 0. The fourth-order valence-electron chi connectivity index (χ4n) is 5.02. The van der Waals surface area contributed by atoms with Crippen molar-refractivity contribution in [2.45, 2.75) is 51.1 Å². The predicted molar refractivity (Wildman–Crippen MR) is 117 cm³/mol. The maximum atomic E-state index is 5.11. The van der Waals surface area contributed by atoms with E-state index in [-0.39, 0.29) is 6.04 Å². The van der Waals surface area contributed by atoms with Crippen molar-refractivity contribution in [3.63, 3.8) is 0 Å². The molecule has 0 radical (unpaired) electrons. The van der Waals surface area contributed by atoms with Crippen LogP contribution in [0.25, 0.3) is 23.0 Å². The number of rotatable bonds is 4. The minimum atomic E-state index is 0.164. The van der Waals surface area contributed by atoms with Crippen molar-refractivity contribution in [1.82, 2.24) is 34.3 Å². The van der Waals surface area contributed by atoms with E-state index in [1.54, 1.807) is 12.5 Å². The number of nitrogens with zero attached hydrogens (tertiary/aromatic N) is 8. The van der Waals surface area contributed by atoms with Gasteiger partial charge < -0.3 is 4.90 Å². The number of imidazole rings is 1. The predicted octanol–water partition coefficient (Wildman–Crippen LogP) is 4.12. The lowest BCUT2D eigenvalue weighted by Crippen LogP contribution is -2.42. The lowest BCUT2D eigenvalue weighted by Gasteiger charge is -2.40. The van der Waals surface area contributed by atoms with Gasteiger partial charge in [-0.05, 0) is 19.3 Å². The van der Waals surface area contributed by atoms with Gasteiger partial charge in [-0.15, -0.1) is 10.2 Å². The largest absolute Gasteiger partial charge is 0.341 e. The molecule has 1 fully saturated rings. The molecule has 3 aromatic heterocycles. The Morgan fingerprint density at radius 2 is 1.87 bits per heavy atom. The maximum absolute atomic E-state index is 5.11. The first-order valence-corrected chi connectivity index (χ1v) is 11.0. The average Bonchev–Trinajstić information content (AvgIpc) is 3.59. The first-order chi connectivity index (χ1) is 15.3. The molecule has 1 atom stereocenters. The smallest absolute Gasteiger partial charge is 0.237 e. The molecule has 0 amide bonds. The van der Waals surface area contributed by atoms with Crippen molar-refractivity contribution in [3.8, 4) is 23.0 Å². The van der Waals surface area contributed by atoms with Gasteiger partial charge in [0, 0.05) is 24.0 Å². The van der Waals surface area contributed by atoms with Crippen molar-refractivity contribution in [3.05, 3.63) is 61.1 Å². The van der Waals surface area contributed by atoms with Crippen LogP contribution >= 0.6 is 0 Å². The van der Waals surface area contributed by atoms with Gasteiger partial charge in [-0.25, -0.2) is 9.97 Å². The molecule has 1 aliphatic carbocycles. The molecule has 0 unspecified atom stereocenters. The molecule has 1 aromatic carbocycles. The van der Waals surface area contributed by atoms with Gasteiger partial charge in [-0.1, -0.05) is 50.1 Å². The third-order valence-electron chi connectivity index (χ3n) is 6.44. The summed E-state index contributed by atoms with van der Waals surface area (Å²) < 4.78 is 4.01. The van der Waals surface area contributed by atoms with Crippen molar-refractivity contribution >= 4 is 5.82 Å². The summed E-state index contributed by atoms with van der Waals surface area (Å²) in [6.07, 6.45) is 13.2. The van der Waals surface area contributed by atoms with E-state index >= 15 is 0 Å². The number of hydrogen-bond acceptors (Lipinski definition) is 6. The zero-order valence-electron chi connectivity index (χ0n) is 17.5. The van der Waals surface area contributed by atoms with E-state index in [0.29, 0.717) is 12.0 Å². The molecule has 6 rings (SSSR count). The summed E-state index contributed by atoms with van der Waals surface area (Å²) >= 11 is 0. The van der Waals surface area contributed by atoms with Crippen molar-refractivity contribution < 1.29 is 0 Å². The van der Waals surface area contributed by atoms with Crippen LogP contribution in [0.2, 0.25) is 0 Å². The summed E-state index contributed by atoms with van der Waals surface area (Å²) in [5.74, 6) is 3.40. The zero-order chi connectivity index (χ0) is 20.8. The Labute approximate surface area is 180 Å². The Kier molecular flexibility index (Phi) is 4.29. The molecular weight excluding hydrogens is 388 g/mol. The highest BCUT2D eigenvalue weighted by molar-refractivity contribution is 5.64. The number of anilines is 1. The summed E-state index contributed by atoms with van der Waals surface area (Å²) in [4.78, 5) is 16.9. The fraction of sp³-hybridized carbons (Fsp3) is 0.348. The minimum Gasteiger partial charge on any atom is -0.341 e. The van der Waals surface area contributed by atoms with Crippen LogP contribution in [0.5, 0.6) is 0 Å². The third-order valence-corrected chi connectivity index (χ3v) is 6.44. The highest BCUT2D eigenvalue weighted by atomic mass is 15.4. The Morgan fingerprint density at radius 3 is 2.68 bits per heavy atom. The lowest BCUT2D eigenvalue weighted by molar-refractivity contribution is 0.468. The Balaban J connectivity index is 1.51. The van der Waals surface area contributed by atoms with Crippen molar-refractivity contribution in [2.24, 2.45) is 0 Å². The molecule has 156 valence electrons. The Morgan fingerprint density at radius 1 is 1.03 bits per heavy atom. The van der Waals surface area contributed by atoms with Crippen molar-refractivity contribution in [1.29, 1.82) is 0 Å². The molecule has 0 saturated heterocycles. The minimum absolute atomic E-state index is 0.164. The van der Waals surface area contributed by atoms with E-state index in [1.165, 1.54) is 25.7 Å². The topological polar surface area (TPSA) is 77.5 Å². The normalized spacial score (nSPS) is 18.2. The van der Waals surface area contributed by atoms with Gasteiger partial charge in [0.2, 0.25) is 5.95 Å². The lowest BCUT2D eigenvalue weighted by atomic mass is 10.0. The van der Waals surface area contributed by atoms with Crippen LogP contribution in [0, 0.1) is 0 Å². The molecule has 0 spiro atoms. The van der Waals surface area contributed by atoms with Crippen LogP contribution in [-0.4, -0.2) is 40.3 Å². The van der Waals surface area contributed by atoms with E-state index in [2.05, 4.69) is 39.1 Å². The molecule has 1 saturated carbocycles. The maximum Gasteiger partial charge on any atom is 0.237 e. The van der Waals surface area contributed by atoms with Gasteiger partial charge in [0.25, 0.3) is 0 Å². The highest BCUT2D eigenvalue weighted by Crippen LogP contribution is 2.42. The molecule has 31 heavy (non-hydrogen) atoms. The molecule has 0 bridgehead atoms. The second-order valence-corrected chi connectivity index (χ2v) is 8.19. The van der Waals surface area contributed by atoms with Gasteiger partial charge in [0.1, 0.15) is 17.8 Å². The van der Waals surface area contributed by atoms with Gasteiger partial charge in [-0.2, -0.15) is 4.98 Å². The third kappa shape index (κ3) is 2.85. The molecule has 8 heteroatoms. The fourth-order valence-corrected chi connectivity index (χ4v) is 5.02. The second kappa shape index (κ2) is 7.30. The van der Waals surface area contributed by atoms with E-state index in [0.717, 1.165) is 35.1 Å². The first-order valence-electron chi connectivity index (χ1n) is 11.0. The van der Waals surface area contributed by atoms with Crippen LogP contribution < -0.4 is 4.90 Å². The summed E-state index contributed by atoms with van der Waals surface area (Å²) in [5.41, 5.74) is 1.98. The zero-order valence-corrected chi connectivity index (χ0v) is 17.5. The molecule has 4 heterocycles. The van der Waals surface area contributed by atoms with E-state index in [1.807, 2.05) is 39.7 Å². The van der Waals surface area contributed by atoms with Crippen LogP contribution in [0.15, 0.2) is 55.2 Å². The van der Waals surface area contributed by atoms with E-state index in [9.17, 15) is 0 Å². The monoisotopic (exact) mass is 412 g/mol. The molecular formula is C23H24N8. The molecule has 2 aliphatic rings. The second-order valence-electron chi connectivity index (χ2n) is 8.19. The molecule has 1 aliphatic heterocycles. The SMILES string of the molecule is CC[C@@H]1c2nncn2-c2cnc(-n3ccnc3-c3ccccc3)nc2N1C1CCCC1. The summed E-state index contributed by atoms with van der Waals surface area (Å²) in [5, 5.41) is 8.66. The number of aromatic nitrogens is 7. The van der Waals surface area contributed by atoms with Gasteiger partial charge in [0.05, 0.1) is 12.2 Å². The van der Waals surface area contributed by atoms with E-state index < -0.39 is 0 Å². The van der Waals surface area contributed by atoms with E-state index in [4.69, 9.17) is 9.97 Å². The summed E-state index contributed by atoms with van der Waals surface area (Å²) in [6.45, 7) is 2.21. The quantitative estimate of drug-likeness (QED) is 0.502. The first kappa shape index (κ1) is 18.2. The van der Waals surface area contributed by atoms with Crippen LogP contribution in [-0.2, 0) is 0 Å². The summed E-state index contributed by atoms with van der Waals surface area (Å²) in [7, 11) is 0. The van der Waals surface area contributed by atoms with Crippen LogP contribution in [0.3, 0.4) is 0 Å². The van der Waals surface area contributed by atoms with Crippen LogP contribution in [0.4, 0.5) is 5.82 Å². The number of fused-ring (bicyclic) bond motifs is 3. The average molecular weight is 413 g/mol. The molecule has 8 nitrogen and oxygen atoms in total. The van der Waals surface area contributed by atoms with Gasteiger partial charge in [0.15, 0.2) is 11.6 Å². The number of benzene rings is 1. The molecule has 0 N–H and O–H groups in total. The van der Waals surface area contributed by atoms with Crippen molar-refractivity contribution in [2.75, 3.05) is 4.90 Å². The summed E-state index contributed by atoms with van der Waals surface area (Å²) in [6, 6.07) is 10.8. The highest BCUT2D eigenvalue weighted by Gasteiger charge is 2.38. The van der Waals surface area contributed by atoms with Gasteiger partial charge >= 0.3 is 0 Å². The Hall–Kier alpha value is -3.55. The standard InChI is InChI=1S/C23H24N8/c1-2-18-22-28-26-15-30(22)19-14-25-23(27-21(19)31(18)17-10-6-7-11-17)29-13-12-24-20(29)16-8-4-3-5-9-16/h3-5,8-9,12-15,17-18H,2,6-7,10-11H2,1H3/t18-/m1/s1. The Bertz CT molecular complexity index is 1210. The molecule has 4 aromatic rings. The van der Waals surface area contributed by atoms with Gasteiger partial charge in [-0.3, -0.25) is 9.13 Å². The van der Waals surface area contributed by atoms with Crippen LogP contribution in [0.1, 0.15) is 50.9 Å².